The van der Waals surface area contributed by atoms with Crippen LogP contribution in [0, 0.1) is 23.7 Å². The van der Waals surface area contributed by atoms with Crippen molar-refractivity contribution in [3.8, 4) is 0 Å². The molecule has 0 saturated heterocycles. The van der Waals surface area contributed by atoms with Gasteiger partial charge in [-0.1, -0.05) is 38.5 Å². The van der Waals surface area contributed by atoms with Gasteiger partial charge in [0.15, 0.2) is 0 Å². The van der Waals surface area contributed by atoms with E-state index in [-0.39, 0.29) is 0 Å². The first-order chi connectivity index (χ1) is 7.38. The summed E-state index contributed by atoms with van der Waals surface area (Å²) in [6, 6.07) is 0. The summed E-state index contributed by atoms with van der Waals surface area (Å²) in [7, 11) is 0.308. The van der Waals surface area contributed by atoms with E-state index >= 15 is 0 Å². The molecule has 15 heavy (non-hydrogen) atoms. The molecule has 0 heterocycles. The second-order valence-electron chi connectivity index (χ2n) is 7.11. The summed E-state index contributed by atoms with van der Waals surface area (Å²) in [6.45, 7) is 0. The molecular formula is C14H24Si. The molecule has 0 aromatic heterocycles. The molecule has 0 aromatic rings. The van der Waals surface area contributed by atoms with E-state index in [0.717, 1.165) is 0 Å². The average Bonchev–Trinajstić information content (AvgIpc) is 2.96. The number of fused-ring (bicyclic) bond motifs is 4. The topological polar surface area (TPSA) is 0 Å². The Kier molecular flexibility index (Phi) is 2.07. The quantitative estimate of drug-likeness (QED) is 0.626. The molecule has 4 fully saturated rings. The van der Waals surface area contributed by atoms with Crippen molar-refractivity contribution in [1.82, 2.24) is 0 Å². The third-order valence-corrected chi connectivity index (χ3v) is 9.59. The second-order valence-corrected chi connectivity index (χ2v) is 9.67. The highest BCUT2D eigenvalue weighted by atomic mass is 28.2. The molecule has 4 aliphatic carbocycles. The predicted molar refractivity (Wildman–Crippen MR) is 66.9 cm³/mol. The molecule has 1 heteroatoms. The third kappa shape index (κ3) is 1.45. The normalized spacial score (nSPS) is 57.6. The molecule has 4 saturated carbocycles. The van der Waals surface area contributed by atoms with Crippen LogP contribution in [0.2, 0.25) is 11.1 Å². The summed E-state index contributed by atoms with van der Waals surface area (Å²) >= 11 is 0. The first-order valence-corrected chi connectivity index (χ1v) is 9.02. The third-order valence-electron chi connectivity index (χ3n) is 6.37. The molecule has 4 bridgehead atoms. The predicted octanol–water partition coefficient (Wildman–Crippen LogP) is 3.37. The molecule has 84 valence electrons. The minimum atomic E-state index is 0.308. The molecule has 0 spiro atoms. The molecule has 4 aliphatic rings. The highest BCUT2D eigenvalue weighted by Gasteiger charge is 2.45. The standard InChI is InChI=1S/C14H24Si/c1-3-11-5-9(1)7-13(11)15-14-8-10-2-4-12(14)6-10/h9-14H,1-8,15H2. The van der Waals surface area contributed by atoms with Crippen LogP contribution < -0.4 is 0 Å². The fraction of sp³-hybridized carbons (Fsp3) is 1.00. The lowest BCUT2D eigenvalue weighted by Crippen LogP contribution is -2.20. The fourth-order valence-corrected chi connectivity index (χ4v) is 9.45. The van der Waals surface area contributed by atoms with Crippen LogP contribution >= 0.6 is 0 Å². The second kappa shape index (κ2) is 3.35. The van der Waals surface area contributed by atoms with Gasteiger partial charge in [0.05, 0.1) is 0 Å². The van der Waals surface area contributed by atoms with Gasteiger partial charge in [0, 0.05) is 9.52 Å². The van der Waals surface area contributed by atoms with Crippen LogP contribution in [0.5, 0.6) is 0 Å². The summed E-state index contributed by atoms with van der Waals surface area (Å²) < 4.78 is 0. The van der Waals surface area contributed by atoms with Crippen LogP contribution in [-0.4, -0.2) is 9.52 Å². The van der Waals surface area contributed by atoms with E-state index < -0.39 is 0 Å². The van der Waals surface area contributed by atoms with Crippen molar-refractivity contribution in [3.63, 3.8) is 0 Å². The van der Waals surface area contributed by atoms with Crippen molar-refractivity contribution in [2.75, 3.05) is 0 Å². The Hall–Kier alpha value is 0.217. The van der Waals surface area contributed by atoms with Gasteiger partial charge >= 0.3 is 0 Å². The Morgan fingerprint density at radius 1 is 0.600 bits per heavy atom. The first-order valence-electron chi connectivity index (χ1n) is 7.38. The fourth-order valence-electron chi connectivity index (χ4n) is 5.72. The average molecular weight is 220 g/mol. The highest BCUT2D eigenvalue weighted by molar-refractivity contribution is 6.40. The molecule has 6 unspecified atom stereocenters. The van der Waals surface area contributed by atoms with E-state index in [4.69, 9.17) is 0 Å². The maximum atomic E-state index is 1.69. The summed E-state index contributed by atoms with van der Waals surface area (Å²) in [6.07, 6.45) is 13.1. The smallest absolute Gasteiger partial charge is 0.0271 e. The van der Waals surface area contributed by atoms with Gasteiger partial charge in [-0.05, 0) is 47.6 Å². The zero-order valence-corrected chi connectivity index (χ0v) is 11.2. The van der Waals surface area contributed by atoms with E-state index in [2.05, 4.69) is 0 Å². The van der Waals surface area contributed by atoms with E-state index in [1.54, 1.807) is 51.4 Å². The number of hydrogen-bond acceptors (Lipinski definition) is 0. The number of hydrogen-bond donors (Lipinski definition) is 0. The molecule has 6 atom stereocenters. The monoisotopic (exact) mass is 220 g/mol. The van der Waals surface area contributed by atoms with Crippen molar-refractivity contribution >= 4 is 9.52 Å². The Morgan fingerprint density at radius 3 is 1.47 bits per heavy atom. The maximum absolute atomic E-state index is 1.69. The van der Waals surface area contributed by atoms with Crippen molar-refractivity contribution < 1.29 is 0 Å². The van der Waals surface area contributed by atoms with Gasteiger partial charge in [-0.2, -0.15) is 0 Å². The first kappa shape index (κ1) is 9.27. The summed E-state index contributed by atoms with van der Waals surface area (Å²) in [4.78, 5) is 0. The van der Waals surface area contributed by atoms with Crippen LogP contribution in [0.1, 0.15) is 51.4 Å². The summed E-state index contributed by atoms with van der Waals surface area (Å²) in [5, 5.41) is 0. The summed E-state index contributed by atoms with van der Waals surface area (Å²) in [5.41, 5.74) is 2.63. The van der Waals surface area contributed by atoms with Gasteiger partial charge in [-0.15, -0.1) is 0 Å². The van der Waals surface area contributed by atoms with Crippen LogP contribution in [0.3, 0.4) is 0 Å². The van der Waals surface area contributed by atoms with Crippen molar-refractivity contribution in [3.05, 3.63) is 0 Å². The van der Waals surface area contributed by atoms with Crippen molar-refractivity contribution in [1.29, 1.82) is 0 Å². The lowest BCUT2D eigenvalue weighted by Gasteiger charge is -2.28. The molecule has 0 aromatic carbocycles. The Labute approximate surface area is 96.0 Å². The lowest BCUT2D eigenvalue weighted by molar-refractivity contribution is 0.446. The molecule has 0 nitrogen and oxygen atoms in total. The molecule has 4 rings (SSSR count). The van der Waals surface area contributed by atoms with Gasteiger partial charge in [0.1, 0.15) is 0 Å². The van der Waals surface area contributed by atoms with E-state index in [1.165, 1.54) is 34.8 Å². The molecule has 0 amide bonds. The van der Waals surface area contributed by atoms with E-state index in [1.807, 2.05) is 0 Å². The Morgan fingerprint density at radius 2 is 1.13 bits per heavy atom. The van der Waals surface area contributed by atoms with E-state index in [0.29, 0.717) is 9.52 Å². The molecular weight excluding hydrogens is 196 g/mol. The van der Waals surface area contributed by atoms with Gasteiger partial charge < -0.3 is 0 Å². The largest absolute Gasteiger partial charge is 0.0502 e. The van der Waals surface area contributed by atoms with Gasteiger partial charge in [0.25, 0.3) is 0 Å². The minimum absolute atomic E-state index is 0.308. The molecule has 0 N–H and O–H groups in total. The van der Waals surface area contributed by atoms with Crippen LogP contribution in [0.15, 0.2) is 0 Å². The summed E-state index contributed by atoms with van der Waals surface area (Å²) in [5.74, 6) is 4.87. The van der Waals surface area contributed by atoms with Gasteiger partial charge in [0.2, 0.25) is 0 Å². The van der Waals surface area contributed by atoms with E-state index in [9.17, 15) is 0 Å². The molecule has 0 aliphatic heterocycles. The lowest BCUT2D eigenvalue weighted by atomic mass is 9.99. The van der Waals surface area contributed by atoms with Crippen LogP contribution in [0.4, 0.5) is 0 Å². The van der Waals surface area contributed by atoms with Crippen LogP contribution in [-0.2, 0) is 0 Å². The van der Waals surface area contributed by atoms with Gasteiger partial charge in [-0.25, -0.2) is 0 Å². The van der Waals surface area contributed by atoms with Crippen molar-refractivity contribution in [2.24, 2.45) is 23.7 Å². The highest BCUT2D eigenvalue weighted by Crippen LogP contribution is 2.57. The SMILES string of the molecule is C1CC2CC1CC2[SiH2]C1CC2CCC1C2. The van der Waals surface area contributed by atoms with Gasteiger partial charge in [-0.3, -0.25) is 0 Å². The Balaban J connectivity index is 1.40. The maximum Gasteiger partial charge on any atom is 0.0271 e. The minimum Gasteiger partial charge on any atom is -0.0502 e. The number of rotatable bonds is 2. The zero-order valence-electron chi connectivity index (χ0n) is 9.83. The zero-order chi connectivity index (χ0) is 9.83. The Bertz CT molecular complexity index is 236. The van der Waals surface area contributed by atoms with Crippen molar-refractivity contribution in [2.45, 2.75) is 62.4 Å². The molecule has 0 radical (unpaired) electrons. The van der Waals surface area contributed by atoms with Crippen LogP contribution in [0.25, 0.3) is 0 Å².